The fourth-order valence-corrected chi connectivity index (χ4v) is 4.94. The molecule has 0 saturated heterocycles. The van der Waals surface area contributed by atoms with Gasteiger partial charge in [-0.3, -0.25) is 0 Å². The van der Waals surface area contributed by atoms with Crippen molar-refractivity contribution in [3.05, 3.63) is 15.8 Å². The van der Waals surface area contributed by atoms with Crippen molar-refractivity contribution in [3.8, 4) is 0 Å². The first-order valence-corrected chi connectivity index (χ1v) is 8.43. The molecule has 0 fully saturated rings. The summed E-state index contributed by atoms with van der Waals surface area (Å²) in [6.07, 6.45) is 1.60. The molecular weight excluding hydrogens is 270 g/mol. The van der Waals surface area contributed by atoms with E-state index in [0.29, 0.717) is 22.9 Å². The Hall–Kier alpha value is -0.430. The maximum atomic E-state index is 12.5. The third kappa shape index (κ3) is 3.32. The third-order valence-electron chi connectivity index (χ3n) is 2.64. The van der Waals surface area contributed by atoms with Gasteiger partial charge in [0.05, 0.1) is 11.5 Å². The second kappa shape index (κ2) is 6.65. The zero-order valence-electron chi connectivity index (χ0n) is 11.1. The van der Waals surface area contributed by atoms with Crippen molar-refractivity contribution < 1.29 is 13.5 Å². The summed E-state index contributed by atoms with van der Waals surface area (Å²) in [5, 5.41) is 9.09. The molecule has 0 aliphatic heterocycles. The van der Waals surface area contributed by atoms with E-state index < -0.39 is 10.0 Å². The van der Waals surface area contributed by atoms with Crippen molar-refractivity contribution in [2.24, 2.45) is 0 Å². The highest BCUT2D eigenvalue weighted by Crippen LogP contribution is 2.28. The molecule has 1 rings (SSSR count). The lowest BCUT2D eigenvalue weighted by atomic mass is 10.4. The molecule has 104 valence electrons. The Morgan fingerprint density at radius 1 is 1.28 bits per heavy atom. The number of nitrogens with zero attached hydrogens (tertiary/aromatic N) is 1. The van der Waals surface area contributed by atoms with E-state index in [9.17, 15) is 8.42 Å². The number of aliphatic hydroxyl groups is 1. The van der Waals surface area contributed by atoms with Crippen LogP contribution in [0.15, 0.2) is 11.0 Å². The summed E-state index contributed by atoms with van der Waals surface area (Å²) in [6.45, 7) is 6.70. The number of hydrogen-bond donors (Lipinski definition) is 1. The number of hydrogen-bond acceptors (Lipinski definition) is 4. The Labute approximate surface area is 113 Å². The highest BCUT2D eigenvalue weighted by Gasteiger charge is 2.26. The summed E-state index contributed by atoms with van der Waals surface area (Å²) < 4.78 is 26.6. The van der Waals surface area contributed by atoms with Gasteiger partial charge < -0.3 is 5.11 Å². The van der Waals surface area contributed by atoms with Gasteiger partial charge in [-0.05, 0) is 25.8 Å². The number of aryl methyl sites for hydroxylation is 1. The third-order valence-corrected chi connectivity index (χ3v) is 5.83. The standard InChI is InChI=1S/C12H21NO3S2/c1-4-6-13(7-5-2)18(15,16)12-8-11(9-14)17-10(12)3/h8,14H,4-7,9H2,1-3H3. The molecule has 0 amide bonds. The second-order valence-corrected chi connectivity index (χ2v) is 7.44. The molecule has 1 aromatic rings. The van der Waals surface area contributed by atoms with E-state index in [1.54, 1.807) is 13.0 Å². The summed E-state index contributed by atoms with van der Waals surface area (Å²) in [7, 11) is -3.41. The number of aliphatic hydroxyl groups excluding tert-OH is 1. The van der Waals surface area contributed by atoms with Gasteiger partial charge in [-0.2, -0.15) is 4.31 Å². The molecule has 0 aliphatic rings. The van der Waals surface area contributed by atoms with Crippen molar-refractivity contribution in [1.82, 2.24) is 4.31 Å². The van der Waals surface area contributed by atoms with Crippen molar-refractivity contribution in [1.29, 1.82) is 0 Å². The molecule has 0 aromatic carbocycles. The molecule has 0 saturated carbocycles. The predicted octanol–water partition coefficient (Wildman–Crippen LogP) is 2.36. The summed E-state index contributed by atoms with van der Waals surface area (Å²) in [6, 6.07) is 1.59. The quantitative estimate of drug-likeness (QED) is 0.839. The lowest BCUT2D eigenvalue weighted by molar-refractivity contribution is 0.285. The van der Waals surface area contributed by atoms with Crippen LogP contribution in [0.1, 0.15) is 36.4 Å². The van der Waals surface area contributed by atoms with Gasteiger partial charge in [0.2, 0.25) is 10.0 Å². The molecule has 0 radical (unpaired) electrons. The van der Waals surface area contributed by atoms with Crippen molar-refractivity contribution in [3.63, 3.8) is 0 Å². The maximum Gasteiger partial charge on any atom is 0.244 e. The minimum atomic E-state index is -3.41. The Morgan fingerprint density at radius 3 is 2.22 bits per heavy atom. The highest BCUT2D eigenvalue weighted by atomic mass is 32.2. The molecule has 1 heterocycles. The van der Waals surface area contributed by atoms with Crippen LogP contribution >= 0.6 is 11.3 Å². The van der Waals surface area contributed by atoms with Crippen molar-refractivity contribution in [2.45, 2.75) is 45.1 Å². The Morgan fingerprint density at radius 2 is 1.83 bits per heavy atom. The van der Waals surface area contributed by atoms with Crippen LogP contribution in [0.3, 0.4) is 0 Å². The van der Waals surface area contributed by atoms with Gasteiger partial charge >= 0.3 is 0 Å². The van der Waals surface area contributed by atoms with Gasteiger partial charge in [-0.1, -0.05) is 13.8 Å². The van der Waals surface area contributed by atoms with Gasteiger partial charge in [-0.15, -0.1) is 11.3 Å². The Balaban J connectivity index is 3.12. The molecule has 0 spiro atoms. The lowest BCUT2D eigenvalue weighted by Gasteiger charge is -2.20. The van der Waals surface area contributed by atoms with Crippen LogP contribution < -0.4 is 0 Å². The zero-order valence-corrected chi connectivity index (χ0v) is 12.8. The summed E-state index contributed by atoms with van der Waals surface area (Å²) >= 11 is 1.34. The van der Waals surface area contributed by atoms with Crippen LogP contribution in [0.25, 0.3) is 0 Å². The smallest absolute Gasteiger partial charge is 0.244 e. The highest BCUT2D eigenvalue weighted by molar-refractivity contribution is 7.89. The summed E-state index contributed by atoms with van der Waals surface area (Å²) in [4.78, 5) is 1.79. The predicted molar refractivity (Wildman–Crippen MR) is 74.3 cm³/mol. The van der Waals surface area contributed by atoms with Crippen LogP contribution in [0.5, 0.6) is 0 Å². The van der Waals surface area contributed by atoms with Crippen LogP contribution in [0.2, 0.25) is 0 Å². The van der Waals surface area contributed by atoms with E-state index >= 15 is 0 Å². The van der Waals surface area contributed by atoms with Gasteiger partial charge in [-0.25, -0.2) is 8.42 Å². The second-order valence-electron chi connectivity index (χ2n) is 4.20. The van der Waals surface area contributed by atoms with E-state index in [2.05, 4.69) is 0 Å². The lowest BCUT2D eigenvalue weighted by Crippen LogP contribution is -2.32. The molecule has 0 unspecified atom stereocenters. The number of thiophene rings is 1. The van der Waals surface area contributed by atoms with Crippen molar-refractivity contribution >= 4 is 21.4 Å². The van der Waals surface area contributed by atoms with Crippen LogP contribution in [0.4, 0.5) is 0 Å². The van der Waals surface area contributed by atoms with Crippen LogP contribution in [-0.2, 0) is 16.6 Å². The minimum Gasteiger partial charge on any atom is -0.391 e. The average Bonchev–Trinajstić information content (AvgIpc) is 2.71. The molecule has 0 bridgehead atoms. The Kier molecular flexibility index (Phi) is 5.78. The number of rotatable bonds is 7. The molecule has 1 N–H and O–H groups in total. The van der Waals surface area contributed by atoms with E-state index in [-0.39, 0.29) is 6.61 Å². The molecule has 0 atom stereocenters. The molecular formula is C12H21NO3S2. The number of sulfonamides is 1. The fourth-order valence-electron chi connectivity index (χ4n) is 1.85. The average molecular weight is 291 g/mol. The van der Waals surface area contributed by atoms with Crippen molar-refractivity contribution in [2.75, 3.05) is 13.1 Å². The maximum absolute atomic E-state index is 12.5. The first-order chi connectivity index (χ1) is 8.47. The topological polar surface area (TPSA) is 57.6 Å². The Bertz CT molecular complexity index is 474. The summed E-state index contributed by atoms with van der Waals surface area (Å²) in [5.41, 5.74) is 0. The fraction of sp³-hybridized carbons (Fsp3) is 0.667. The molecule has 1 aromatic heterocycles. The molecule has 18 heavy (non-hydrogen) atoms. The normalized spacial score (nSPS) is 12.3. The molecule has 4 nitrogen and oxygen atoms in total. The largest absolute Gasteiger partial charge is 0.391 e. The van der Waals surface area contributed by atoms with E-state index in [4.69, 9.17) is 5.11 Å². The summed E-state index contributed by atoms with van der Waals surface area (Å²) in [5.74, 6) is 0. The van der Waals surface area contributed by atoms with Gasteiger partial charge in [0.1, 0.15) is 0 Å². The first kappa shape index (κ1) is 15.6. The van der Waals surface area contributed by atoms with E-state index in [1.807, 2.05) is 13.8 Å². The van der Waals surface area contributed by atoms with Gasteiger partial charge in [0, 0.05) is 22.8 Å². The van der Waals surface area contributed by atoms with E-state index in [0.717, 1.165) is 17.7 Å². The van der Waals surface area contributed by atoms with Gasteiger partial charge in [0.25, 0.3) is 0 Å². The SMILES string of the molecule is CCCN(CCC)S(=O)(=O)c1cc(CO)sc1C. The molecule has 0 aliphatic carbocycles. The first-order valence-electron chi connectivity index (χ1n) is 6.17. The zero-order chi connectivity index (χ0) is 13.8. The monoisotopic (exact) mass is 291 g/mol. The van der Waals surface area contributed by atoms with Crippen LogP contribution in [-0.4, -0.2) is 30.9 Å². The van der Waals surface area contributed by atoms with Crippen LogP contribution in [0, 0.1) is 6.92 Å². The van der Waals surface area contributed by atoms with Gasteiger partial charge in [0.15, 0.2) is 0 Å². The van der Waals surface area contributed by atoms with E-state index in [1.165, 1.54) is 15.6 Å². The molecule has 6 heteroatoms. The minimum absolute atomic E-state index is 0.109.